The molecule has 0 radical (unpaired) electrons. The maximum atomic E-state index is 10.8. The zero-order valence-corrected chi connectivity index (χ0v) is 18.4. The first-order valence-electron chi connectivity index (χ1n) is 10.7. The van der Waals surface area contributed by atoms with Gasteiger partial charge in [0.05, 0.1) is 13.1 Å². The van der Waals surface area contributed by atoms with Gasteiger partial charge in [-0.05, 0) is 43.5 Å². The highest BCUT2D eigenvalue weighted by atomic mass is 16.5. The summed E-state index contributed by atoms with van der Waals surface area (Å²) in [7, 11) is 0. The number of aliphatic imine (C=N–C) groups is 1. The van der Waals surface area contributed by atoms with E-state index in [0.717, 1.165) is 41.9 Å². The summed E-state index contributed by atoms with van der Waals surface area (Å²) in [6.45, 7) is 7.43. The number of aryl methyl sites for hydroxylation is 1. The molecular formula is C24H31N5O2. The van der Waals surface area contributed by atoms with Crippen LogP contribution < -0.4 is 10.6 Å². The quantitative estimate of drug-likeness (QED) is 0.361. The van der Waals surface area contributed by atoms with Crippen LogP contribution in [0.2, 0.25) is 0 Å². The first-order valence-corrected chi connectivity index (χ1v) is 10.7. The second-order valence-corrected chi connectivity index (χ2v) is 7.65. The molecule has 164 valence electrons. The van der Waals surface area contributed by atoms with Crippen LogP contribution >= 0.6 is 0 Å². The SMILES string of the molecule is CCCc1noc(-c2cccc(CN=C(NCC)NCC(C)(O)c3ccccc3)c2)n1. The summed E-state index contributed by atoms with van der Waals surface area (Å²) in [4.78, 5) is 9.12. The van der Waals surface area contributed by atoms with Crippen LogP contribution in [0.5, 0.6) is 0 Å². The lowest BCUT2D eigenvalue weighted by atomic mass is 9.96. The van der Waals surface area contributed by atoms with E-state index in [1.165, 1.54) is 0 Å². The fraction of sp³-hybridized carbons (Fsp3) is 0.375. The van der Waals surface area contributed by atoms with Crippen LogP contribution in [-0.4, -0.2) is 34.3 Å². The Balaban J connectivity index is 1.67. The van der Waals surface area contributed by atoms with Crippen molar-refractivity contribution in [2.75, 3.05) is 13.1 Å². The molecule has 1 atom stereocenters. The lowest BCUT2D eigenvalue weighted by Crippen LogP contribution is -2.44. The lowest BCUT2D eigenvalue weighted by Gasteiger charge is -2.25. The van der Waals surface area contributed by atoms with Crippen LogP contribution in [-0.2, 0) is 18.6 Å². The summed E-state index contributed by atoms with van der Waals surface area (Å²) < 4.78 is 5.39. The topological polar surface area (TPSA) is 95.6 Å². The number of nitrogens with zero attached hydrogens (tertiary/aromatic N) is 3. The van der Waals surface area contributed by atoms with Crippen molar-refractivity contribution in [2.45, 2.75) is 45.8 Å². The van der Waals surface area contributed by atoms with E-state index >= 15 is 0 Å². The summed E-state index contributed by atoms with van der Waals surface area (Å²) in [6, 6.07) is 17.6. The molecular weight excluding hydrogens is 390 g/mol. The standard InChI is InChI=1S/C24H31N5O2/c1-4-10-21-28-22(31-29-21)19-12-9-11-18(15-19)16-26-23(25-5-2)27-17-24(3,30)20-13-7-6-8-14-20/h6-9,11-15,30H,4-5,10,16-17H2,1-3H3,(H2,25,26,27). The average Bonchev–Trinajstić information content (AvgIpc) is 3.25. The van der Waals surface area contributed by atoms with Gasteiger partial charge in [0.2, 0.25) is 0 Å². The van der Waals surface area contributed by atoms with Crippen molar-refractivity contribution in [3.8, 4) is 11.5 Å². The van der Waals surface area contributed by atoms with Crippen molar-refractivity contribution in [3.05, 3.63) is 71.5 Å². The zero-order valence-electron chi connectivity index (χ0n) is 18.4. The van der Waals surface area contributed by atoms with Gasteiger partial charge in [-0.2, -0.15) is 4.98 Å². The molecule has 3 rings (SSSR count). The van der Waals surface area contributed by atoms with E-state index in [0.29, 0.717) is 24.9 Å². The van der Waals surface area contributed by atoms with Gasteiger partial charge in [-0.3, -0.25) is 0 Å². The van der Waals surface area contributed by atoms with Crippen molar-refractivity contribution in [1.82, 2.24) is 20.8 Å². The van der Waals surface area contributed by atoms with Crippen molar-refractivity contribution in [3.63, 3.8) is 0 Å². The average molecular weight is 422 g/mol. The van der Waals surface area contributed by atoms with E-state index in [2.05, 4.69) is 32.7 Å². The molecule has 7 heteroatoms. The molecule has 0 saturated carbocycles. The normalized spacial score (nSPS) is 13.6. The molecule has 0 bridgehead atoms. The summed E-state index contributed by atoms with van der Waals surface area (Å²) in [5.41, 5.74) is 1.76. The number of aromatic nitrogens is 2. The molecule has 1 heterocycles. The largest absolute Gasteiger partial charge is 0.384 e. The Hall–Kier alpha value is -3.19. The molecule has 0 spiro atoms. The zero-order chi connectivity index (χ0) is 22.1. The molecule has 31 heavy (non-hydrogen) atoms. The lowest BCUT2D eigenvalue weighted by molar-refractivity contribution is 0.0617. The first kappa shape index (κ1) is 22.5. The van der Waals surface area contributed by atoms with E-state index in [1.54, 1.807) is 6.92 Å². The predicted molar refractivity (Wildman–Crippen MR) is 123 cm³/mol. The van der Waals surface area contributed by atoms with Crippen molar-refractivity contribution in [1.29, 1.82) is 0 Å². The molecule has 1 unspecified atom stereocenters. The predicted octanol–water partition coefficient (Wildman–Crippen LogP) is 3.65. The van der Waals surface area contributed by atoms with E-state index in [-0.39, 0.29) is 0 Å². The Morgan fingerprint density at radius 1 is 1.10 bits per heavy atom. The maximum absolute atomic E-state index is 10.8. The summed E-state index contributed by atoms with van der Waals surface area (Å²) in [5.74, 6) is 1.90. The second-order valence-electron chi connectivity index (χ2n) is 7.65. The minimum Gasteiger partial charge on any atom is -0.384 e. The minimum atomic E-state index is -1.01. The Morgan fingerprint density at radius 2 is 1.90 bits per heavy atom. The smallest absolute Gasteiger partial charge is 0.257 e. The number of guanidine groups is 1. The molecule has 0 aliphatic heterocycles. The van der Waals surface area contributed by atoms with Crippen molar-refractivity contribution >= 4 is 5.96 Å². The maximum Gasteiger partial charge on any atom is 0.257 e. The van der Waals surface area contributed by atoms with E-state index in [9.17, 15) is 5.11 Å². The van der Waals surface area contributed by atoms with Gasteiger partial charge < -0.3 is 20.3 Å². The number of nitrogens with one attached hydrogen (secondary N) is 2. The summed E-state index contributed by atoms with van der Waals surface area (Å²) >= 11 is 0. The number of aliphatic hydroxyl groups is 1. The second kappa shape index (κ2) is 10.7. The van der Waals surface area contributed by atoms with Gasteiger partial charge in [0.25, 0.3) is 5.89 Å². The van der Waals surface area contributed by atoms with Crippen LogP contribution in [0.1, 0.15) is 44.1 Å². The first-order chi connectivity index (χ1) is 15.0. The van der Waals surface area contributed by atoms with Gasteiger partial charge in [-0.1, -0.05) is 54.5 Å². The molecule has 0 saturated heterocycles. The van der Waals surface area contributed by atoms with Gasteiger partial charge in [-0.15, -0.1) is 0 Å². The highest BCUT2D eigenvalue weighted by molar-refractivity contribution is 5.79. The van der Waals surface area contributed by atoms with Gasteiger partial charge in [0.1, 0.15) is 5.60 Å². The molecule has 2 aromatic carbocycles. The Kier molecular flexibility index (Phi) is 7.78. The van der Waals surface area contributed by atoms with E-state index < -0.39 is 5.60 Å². The van der Waals surface area contributed by atoms with Crippen molar-refractivity contribution in [2.24, 2.45) is 4.99 Å². The highest BCUT2D eigenvalue weighted by Crippen LogP contribution is 2.20. The Labute approximate surface area is 183 Å². The third-order valence-electron chi connectivity index (χ3n) is 4.88. The fourth-order valence-electron chi connectivity index (χ4n) is 3.17. The van der Waals surface area contributed by atoms with Crippen LogP contribution in [0.4, 0.5) is 0 Å². The molecule has 3 N–H and O–H groups in total. The highest BCUT2D eigenvalue weighted by Gasteiger charge is 2.22. The van der Waals surface area contributed by atoms with Crippen LogP contribution in [0, 0.1) is 0 Å². The van der Waals surface area contributed by atoms with E-state index in [4.69, 9.17) is 4.52 Å². The number of benzene rings is 2. The summed E-state index contributed by atoms with van der Waals surface area (Å²) in [6.07, 6.45) is 1.78. The van der Waals surface area contributed by atoms with Crippen molar-refractivity contribution < 1.29 is 9.63 Å². The molecule has 0 aliphatic carbocycles. The molecule has 7 nitrogen and oxygen atoms in total. The minimum absolute atomic E-state index is 0.338. The molecule has 0 aliphatic rings. The fourth-order valence-corrected chi connectivity index (χ4v) is 3.17. The third-order valence-corrected chi connectivity index (χ3v) is 4.88. The Morgan fingerprint density at radius 3 is 2.65 bits per heavy atom. The van der Waals surface area contributed by atoms with Gasteiger partial charge >= 0.3 is 0 Å². The third kappa shape index (κ3) is 6.39. The van der Waals surface area contributed by atoms with E-state index in [1.807, 2.05) is 61.5 Å². The summed E-state index contributed by atoms with van der Waals surface area (Å²) in [5, 5.41) is 21.3. The van der Waals surface area contributed by atoms with Crippen LogP contribution in [0.3, 0.4) is 0 Å². The molecule has 0 amide bonds. The molecule has 0 fully saturated rings. The monoisotopic (exact) mass is 421 g/mol. The van der Waals surface area contributed by atoms with Gasteiger partial charge in [0.15, 0.2) is 11.8 Å². The van der Waals surface area contributed by atoms with Crippen LogP contribution in [0.15, 0.2) is 64.1 Å². The Bertz CT molecular complexity index is 982. The molecule has 1 aromatic heterocycles. The van der Waals surface area contributed by atoms with Gasteiger partial charge in [-0.25, -0.2) is 4.99 Å². The number of hydrogen-bond acceptors (Lipinski definition) is 5. The molecule has 3 aromatic rings. The number of hydrogen-bond donors (Lipinski definition) is 3. The number of rotatable bonds is 9. The van der Waals surface area contributed by atoms with Gasteiger partial charge in [0, 0.05) is 18.5 Å². The van der Waals surface area contributed by atoms with Crippen LogP contribution in [0.25, 0.3) is 11.5 Å².